The van der Waals surface area contributed by atoms with E-state index in [0.717, 1.165) is 0 Å². The largest absolute Gasteiger partial charge is 1.00 e. The second kappa shape index (κ2) is 6.34. The van der Waals surface area contributed by atoms with E-state index in [9.17, 15) is 5.11 Å². The van der Waals surface area contributed by atoms with Crippen LogP contribution in [0.2, 0.25) is 0 Å². The van der Waals surface area contributed by atoms with Gasteiger partial charge in [0.1, 0.15) is 0 Å². The second-order valence-corrected chi connectivity index (χ2v) is 1.24. The predicted octanol–water partition coefficient (Wildman–Crippen LogP) is -5.43. The fourth-order valence-corrected chi connectivity index (χ4v) is 0.377. The minimum atomic E-state index is 0. The van der Waals surface area contributed by atoms with E-state index in [1.54, 1.807) is 12.1 Å². The Kier molecular flexibility index (Phi) is 8.41. The smallest absolute Gasteiger partial charge is 0.928 e. The molecule has 0 aromatic heterocycles. The summed E-state index contributed by atoms with van der Waals surface area (Å²) in [6, 6.07) is 8.91. The number of benzene rings is 1. The summed E-state index contributed by atoms with van der Waals surface area (Å²) in [5.74, 6) is 0.0162. The van der Waals surface area contributed by atoms with Gasteiger partial charge in [0.2, 0.25) is 0 Å². The first-order valence-corrected chi connectivity index (χ1v) is 2.03. The maximum absolute atomic E-state index is 10.2. The number of rotatable bonds is 0. The monoisotopic (exact) mass is 106 g/mol. The van der Waals surface area contributed by atoms with Crippen LogP contribution in [0.25, 0.3) is 0 Å². The third kappa shape index (κ3) is 4.70. The molecule has 0 aliphatic heterocycles. The quantitative estimate of drug-likeness (QED) is 0.239. The Bertz CT molecular complexity index is 141. The van der Waals surface area contributed by atoms with Gasteiger partial charge in [-0.2, -0.15) is 30.3 Å². The van der Waals surface area contributed by atoms with Gasteiger partial charge in [0.15, 0.2) is 0 Å². The van der Waals surface area contributed by atoms with Gasteiger partial charge in [-0.25, -0.2) is 5.75 Å². The molecule has 0 saturated carbocycles. The summed E-state index contributed by atoms with van der Waals surface area (Å²) in [6.07, 6.45) is 0. The molecule has 0 spiro atoms. The molecule has 0 radical (unpaired) electrons. The molecule has 1 aromatic carbocycles. The van der Waals surface area contributed by atoms with Crippen molar-refractivity contribution in [3.05, 3.63) is 30.3 Å². The maximum Gasteiger partial charge on any atom is 1.00 e. The first kappa shape index (κ1) is 11.9. The zero-order chi connectivity index (χ0) is 5.11. The van der Waals surface area contributed by atoms with Crippen molar-refractivity contribution >= 4 is 0 Å². The van der Waals surface area contributed by atoms with Gasteiger partial charge in [0, 0.05) is 0 Å². The number of hydrogen-bond donors (Lipinski definition) is 0. The van der Waals surface area contributed by atoms with E-state index in [4.69, 9.17) is 0 Å². The molecule has 0 unspecified atom stereocenters. The van der Waals surface area contributed by atoms with E-state index in [-0.39, 0.29) is 43.5 Å². The Morgan fingerprint density at radius 2 is 2.00 bits per heavy atom. The van der Waals surface area contributed by atoms with Crippen LogP contribution in [-0.4, -0.2) is 0 Å². The van der Waals surface area contributed by atoms with Crippen LogP contribution in [0.4, 0.5) is 0 Å². The summed E-state index contributed by atoms with van der Waals surface area (Å²) in [7, 11) is 0. The molecule has 0 heterocycles. The predicted molar refractivity (Wildman–Crippen MR) is 24.7 cm³/mol. The minimum Gasteiger partial charge on any atom is -0.928 e. The molecule has 9 heavy (non-hydrogen) atoms. The summed E-state index contributed by atoms with van der Waals surface area (Å²) in [6.45, 7) is 0. The summed E-state index contributed by atoms with van der Waals surface area (Å²) in [5, 5.41) is 10.2. The molecule has 0 aliphatic carbocycles. The molecule has 1 aromatic rings. The molecule has 36 valence electrons. The Morgan fingerprint density at radius 1 is 1.33 bits per heavy atom. The van der Waals surface area contributed by atoms with Gasteiger partial charge in [0.25, 0.3) is 0 Å². The van der Waals surface area contributed by atoms with Crippen molar-refractivity contribution in [2.45, 2.75) is 0 Å². The SMILES string of the molecule is [Li+].[Li+].[O-]c1c[c-]ccc1. The fraction of sp³-hybridized carbons (Fsp3) is 0. The van der Waals surface area contributed by atoms with E-state index in [1.807, 2.05) is 0 Å². The molecule has 0 fully saturated rings. The normalized spacial score (nSPS) is 6.67. The van der Waals surface area contributed by atoms with Crippen LogP contribution in [0.5, 0.6) is 5.75 Å². The van der Waals surface area contributed by atoms with Crippen LogP contribution in [0.15, 0.2) is 24.3 Å². The molecule has 3 heteroatoms. The van der Waals surface area contributed by atoms with Crippen LogP contribution in [-0.2, 0) is 0 Å². The topological polar surface area (TPSA) is 23.1 Å². The van der Waals surface area contributed by atoms with Gasteiger partial charge < -0.3 is 5.11 Å². The van der Waals surface area contributed by atoms with Gasteiger partial charge in [-0.05, 0) is 0 Å². The maximum atomic E-state index is 10.2. The molecule has 0 bridgehead atoms. The average Bonchev–Trinajstić information content (AvgIpc) is 1.69. The van der Waals surface area contributed by atoms with E-state index < -0.39 is 0 Å². The van der Waals surface area contributed by atoms with E-state index in [0.29, 0.717) is 0 Å². The van der Waals surface area contributed by atoms with Crippen molar-refractivity contribution < 1.29 is 42.8 Å². The van der Waals surface area contributed by atoms with Crippen molar-refractivity contribution in [2.24, 2.45) is 0 Å². The average molecular weight is 106 g/mol. The summed E-state index contributed by atoms with van der Waals surface area (Å²) < 4.78 is 0. The van der Waals surface area contributed by atoms with Crippen LogP contribution >= 0.6 is 0 Å². The van der Waals surface area contributed by atoms with E-state index in [1.165, 1.54) is 12.1 Å². The van der Waals surface area contributed by atoms with Gasteiger partial charge in [-0.15, -0.1) is 0 Å². The van der Waals surface area contributed by atoms with Gasteiger partial charge in [0.05, 0.1) is 0 Å². The molecule has 0 N–H and O–H groups in total. The number of hydrogen-bond acceptors (Lipinski definition) is 1. The Labute approximate surface area is 78.8 Å². The van der Waals surface area contributed by atoms with Crippen molar-refractivity contribution in [1.29, 1.82) is 0 Å². The Hall–Kier alpha value is 0.215. The molecule has 0 aliphatic rings. The molecule has 1 nitrogen and oxygen atoms in total. The standard InChI is InChI=1S/C6H5O.2Li/c7-6-4-2-1-3-5-6;;/h1-2,4-5,7H;;/q-1;2*+1/p-1. The van der Waals surface area contributed by atoms with Crippen LogP contribution < -0.4 is 42.8 Å². The molecule has 0 amide bonds. The van der Waals surface area contributed by atoms with Crippen molar-refractivity contribution in [1.82, 2.24) is 0 Å². The van der Waals surface area contributed by atoms with Gasteiger partial charge in [-0.3, -0.25) is 0 Å². The first-order chi connectivity index (χ1) is 3.39. The molecule has 0 saturated heterocycles. The van der Waals surface area contributed by atoms with E-state index in [2.05, 4.69) is 6.07 Å². The molecular weight excluding hydrogens is 102 g/mol. The van der Waals surface area contributed by atoms with Crippen LogP contribution in [0, 0.1) is 6.07 Å². The summed E-state index contributed by atoms with van der Waals surface area (Å²) in [4.78, 5) is 0. The molecule has 1 rings (SSSR count). The van der Waals surface area contributed by atoms with Gasteiger partial charge in [-0.1, -0.05) is 0 Å². The van der Waals surface area contributed by atoms with Crippen molar-refractivity contribution in [3.63, 3.8) is 0 Å². The van der Waals surface area contributed by atoms with Crippen LogP contribution in [0.3, 0.4) is 0 Å². The van der Waals surface area contributed by atoms with Crippen molar-refractivity contribution in [3.8, 4) is 5.75 Å². The zero-order valence-corrected chi connectivity index (χ0v) is 5.72. The minimum absolute atomic E-state index is 0. The molecule has 0 atom stereocenters. The third-order valence-electron chi connectivity index (χ3n) is 0.679. The summed E-state index contributed by atoms with van der Waals surface area (Å²) in [5.41, 5.74) is 0. The van der Waals surface area contributed by atoms with E-state index >= 15 is 0 Å². The van der Waals surface area contributed by atoms with Crippen LogP contribution in [0.1, 0.15) is 0 Å². The fourth-order valence-electron chi connectivity index (χ4n) is 0.377. The Morgan fingerprint density at radius 3 is 2.22 bits per heavy atom. The third-order valence-corrected chi connectivity index (χ3v) is 0.679. The second-order valence-electron chi connectivity index (χ2n) is 1.24. The first-order valence-electron chi connectivity index (χ1n) is 2.03. The van der Waals surface area contributed by atoms with Gasteiger partial charge >= 0.3 is 37.7 Å². The molecular formula is C6H4Li2O. The van der Waals surface area contributed by atoms with Crippen molar-refractivity contribution in [2.75, 3.05) is 0 Å². The summed E-state index contributed by atoms with van der Waals surface area (Å²) >= 11 is 0. The Balaban J connectivity index is 0. The zero-order valence-electron chi connectivity index (χ0n) is 5.72.